The Bertz CT molecular complexity index is 1070. The first-order valence-corrected chi connectivity index (χ1v) is 10.4. The number of carbonyl (C=O) groups is 1. The number of aromatic nitrogens is 2. The zero-order valence-electron chi connectivity index (χ0n) is 19.3. The molecule has 2 aromatic rings. The lowest BCUT2D eigenvalue weighted by Crippen LogP contribution is -2.34. The minimum atomic E-state index is -1.59. The lowest BCUT2D eigenvalue weighted by atomic mass is 9.69. The second-order valence-corrected chi connectivity index (χ2v) is 8.76. The van der Waals surface area contributed by atoms with Crippen LogP contribution in [0.3, 0.4) is 0 Å². The van der Waals surface area contributed by atoms with E-state index in [1.165, 1.54) is 14.2 Å². The molecule has 1 N–H and O–H groups in total. The van der Waals surface area contributed by atoms with Crippen LogP contribution in [0.2, 0.25) is 0 Å². The Kier molecular flexibility index (Phi) is 6.78. The van der Waals surface area contributed by atoms with Gasteiger partial charge in [-0.05, 0) is 29.4 Å². The van der Waals surface area contributed by atoms with E-state index < -0.39 is 17.1 Å². The maximum absolute atomic E-state index is 12.7. The topological polar surface area (TPSA) is 123 Å². The van der Waals surface area contributed by atoms with E-state index in [1.807, 2.05) is 6.07 Å². The second-order valence-electron chi connectivity index (χ2n) is 8.76. The van der Waals surface area contributed by atoms with E-state index >= 15 is 0 Å². The molecule has 3 rings (SSSR count). The molecule has 0 spiro atoms. The molecule has 1 atom stereocenters. The number of nitrogens with one attached hydrogen (secondary N) is 1. The summed E-state index contributed by atoms with van der Waals surface area (Å²) < 4.78 is 21.8. The van der Waals surface area contributed by atoms with Crippen molar-refractivity contribution >= 4 is 5.97 Å². The highest BCUT2D eigenvalue weighted by atomic mass is 16.5. The third-order valence-electron chi connectivity index (χ3n) is 5.65. The first-order chi connectivity index (χ1) is 15.1. The molecule has 0 fully saturated rings. The van der Waals surface area contributed by atoms with Gasteiger partial charge in [-0.3, -0.25) is 4.79 Å². The van der Waals surface area contributed by atoms with E-state index in [9.17, 15) is 14.7 Å². The number of rotatable bonds is 8. The fraction of sp³-hybridized carbons (Fsp3) is 0.522. The van der Waals surface area contributed by atoms with Gasteiger partial charge in [-0.15, -0.1) is 0 Å². The Morgan fingerprint density at radius 1 is 1.22 bits per heavy atom. The van der Waals surface area contributed by atoms with Gasteiger partial charge in [-0.2, -0.15) is 0 Å². The molecule has 32 heavy (non-hydrogen) atoms. The molecule has 0 radical (unpaired) electrons. The van der Waals surface area contributed by atoms with E-state index in [4.69, 9.17) is 18.9 Å². The van der Waals surface area contributed by atoms with Crippen LogP contribution in [0.1, 0.15) is 54.6 Å². The van der Waals surface area contributed by atoms with Crippen LogP contribution in [0.25, 0.3) is 11.4 Å². The standard InChI is InChI=1S/C23H30N2O7/c1-23(2,3)13-10-12-11-14(32-9-7-8-29-4)21(31-6)25-17(12)18-15(13)19(30-5)16(22(27)28)20(26)24-18/h11,13H,7-10H2,1-6H3,(H,24,26)(H,27,28)/p-1. The minimum Gasteiger partial charge on any atom is -0.544 e. The molecule has 0 saturated carbocycles. The van der Waals surface area contributed by atoms with Gasteiger partial charge in [0, 0.05) is 25.7 Å². The van der Waals surface area contributed by atoms with E-state index in [-0.39, 0.29) is 23.0 Å². The van der Waals surface area contributed by atoms with Gasteiger partial charge >= 0.3 is 0 Å². The first-order valence-electron chi connectivity index (χ1n) is 10.4. The number of carbonyl (C=O) groups excluding carboxylic acids is 1. The number of nitrogens with zero attached hydrogens (tertiary/aromatic N) is 1. The molecular weight excluding hydrogens is 416 g/mol. The van der Waals surface area contributed by atoms with Crippen molar-refractivity contribution in [3.63, 3.8) is 0 Å². The maximum Gasteiger partial charge on any atom is 0.261 e. The zero-order chi connectivity index (χ0) is 23.6. The molecule has 9 heteroatoms. The van der Waals surface area contributed by atoms with Crippen LogP contribution in [0, 0.1) is 5.41 Å². The Hall–Kier alpha value is -3.07. The largest absolute Gasteiger partial charge is 0.544 e. The lowest BCUT2D eigenvalue weighted by Gasteiger charge is -2.37. The van der Waals surface area contributed by atoms with Gasteiger partial charge in [-0.1, -0.05) is 20.8 Å². The predicted molar refractivity (Wildman–Crippen MR) is 116 cm³/mol. The summed E-state index contributed by atoms with van der Waals surface area (Å²) in [5.74, 6) is -0.972. The van der Waals surface area contributed by atoms with Gasteiger partial charge in [0.15, 0.2) is 5.75 Å². The quantitative estimate of drug-likeness (QED) is 0.612. The number of hydrogen-bond acceptors (Lipinski definition) is 8. The van der Waals surface area contributed by atoms with E-state index in [2.05, 4.69) is 30.7 Å². The van der Waals surface area contributed by atoms with Crippen molar-refractivity contribution in [1.82, 2.24) is 9.97 Å². The Labute approximate surface area is 186 Å². The number of methoxy groups -OCH3 is 3. The SMILES string of the molecule is COCCCOc1cc2c(nc1OC)-c1[nH]c(=O)c(C(=O)[O-])c(OC)c1C(C(C)(C)C)C2. The molecule has 0 amide bonds. The normalized spacial score (nSPS) is 15.0. The smallest absolute Gasteiger partial charge is 0.261 e. The molecule has 1 aliphatic carbocycles. The maximum atomic E-state index is 12.7. The molecule has 0 bridgehead atoms. The van der Waals surface area contributed by atoms with Crippen molar-refractivity contribution in [1.29, 1.82) is 0 Å². The van der Waals surface area contributed by atoms with Crippen molar-refractivity contribution in [3.8, 4) is 28.8 Å². The van der Waals surface area contributed by atoms with E-state index in [0.717, 1.165) is 5.56 Å². The molecule has 0 saturated heterocycles. The highest BCUT2D eigenvalue weighted by Gasteiger charge is 2.39. The fourth-order valence-corrected chi connectivity index (χ4v) is 4.10. The summed E-state index contributed by atoms with van der Waals surface area (Å²) in [6.45, 7) is 7.16. The molecule has 9 nitrogen and oxygen atoms in total. The molecular formula is C23H29N2O7-. The van der Waals surface area contributed by atoms with Crippen molar-refractivity contribution < 1.29 is 28.8 Å². The number of carboxylic acids is 1. The average molecular weight is 445 g/mol. The summed E-state index contributed by atoms with van der Waals surface area (Å²) in [5.41, 5.74) is 0.772. The molecule has 0 aliphatic heterocycles. The number of pyridine rings is 2. The number of carboxylic acid groups (broad SMARTS) is 1. The van der Waals surface area contributed by atoms with Gasteiger partial charge in [0.1, 0.15) is 11.3 Å². The molecule has 1 unspecified atom stereocenters. The Morgan fingerprint density at radius 3 is 2.50 bits per heavy atom. The molecule has 2 heterocycles. The number of aromatic carboxylic acids is 1. The summed E-state index contributed by atoms with van der Waals surface area (Å²) in [6, 6.07) is 1.87. The third-order valence-corrected chi connectivity index (χ3v) is 5.65. The van der Waals surface area contributed by atoms with Gasteiger partial charge in [0.05, 0.1) is 38.2 Å². The van der Waals surface area contributed by atoms with Crippen LogP contribution in [0.5, 0.6) is 17.4 Å². The van der Waals surface area contributed by atoms with Crippen LogP contribution in [0.4, 0.5) is 0 Å². The van der Waals surface area contributed by atoms with Crippen LogP contribution in [-0.2, 0) is 11.2 Å². The lowest BCUT2D eigenvalue weighted by molar-refractivity contribution is -0.255. The third kappa shape index (κ3) is 4.29. The minimum absolute atomic E-state index is 0.00924. The van der Waals surface area contributed by atoms with E-state index in [0.29, 0.717) is 48.8 Å². The number of H-pyrrole nitrogens is 1. The van der Waals surface area contributed by atoms with Crippen LogP contribution >= 0.6 is 0 Å². The number of hydrogen-bond donors (Lipinski definition) is 1. The van der Waals surface area contributed by atoms with Gasteiger partial charge < -0.3 is 33.8 Å². The summed E-state index contributed by atoms with van der Waals surface area (Å²) >= 11 is 0. The van der Waals surface area contributed by atoms with Crippen LogP contribution < -0.4 is 24.9 Å². The highest BCUT2D eigenvalue weighted by Crippen LogP contribution is 2.50. The number of fused-ring (bicyclic) bond motifs is 3. The monoisotopic (exact) mass is 445 g/mol. The van der Waals surface area contributed by atoms with Crippen molar-refractivity contribution in [2.24, 2.45) is 5.41 Å². The molecule has 174 valence electrons. The summed E-state index contributed by atoms with van der Waals surface area (Å²) in [6.07, 6.45) is 1.26. The Morgan fingerprint density at radius 2 is 1.94 bits per heavy atom. The van der Waals surface area contributed by atoms with Crippen LogP contribution in [-0.4, -0.2) is 50.5 Å². The molecule has 2 aromatic heterocycles. The molecule has 0 aromatic carbocycles. The van der Waals surface area contributed by atoms with Crippen LogP contribution in [0.15, 0.2) is 10.9 Å². The summed E-state index contributed by atoms with van der Waals surface area (Å²) in [4.78, 5) is 31.7. The predicted octanol–water partition coefficient (Wildman–Crippen LogP) is 1.92. The van der Waals surface area contributed by atoms with Crippen molar-refractivity contribution in [2.45, 2.75) is 39.5 Å². The number of ether oxygens (including phenoxy) is 4. The zero-order valence-corrected chi connectivity index (χ0v) is 19.3. The van der Waals surface area contributed by atoms with Gasteiger partial charge in [-0.25, -0.2) is 4.98 Å². The van der Waals surface area contributed by atoms with Gasteiger partial charge in [0.2, 0.25) is 0 Å². The first kappa shape index (κ1) is 23.6. The number of aromatic amines is 1. The van der Waals surface area contributed by atoms with Crippen molar-refractivity contribution in [2.75, 3.05) is 34.5 Å². The fourth-order valence-electron chi connectivity index (χ4n) is 4.10. The summed E-state index contributed by atoms with van der Waals surface area (Å²) in [5, 5.41) is 11.7. The highest BCUT2D eigenvalue weighted by molar-refractivity contribution is 5.91. The molecule has 1 aliphatic rings. The second kappa shape index (κ2) is 9.20. The summed E-state index contributed by atoms with van der Waals surface area (Å²) in [7, 11) is 4.47. The average Bonchev–Trinajstić information content (AvgIpc) is 2.73. The van der Waals surface area contributed by atoms with Crippen molar-refractivity contribution in [3.05, 3.63) is 33.1 Å². The van der Waals surface area contributed by atoms with Gasteiger partial charge in [0.25, 0.3) is 11.4 Å². The Balaban J connectivity index is 2.24. The van der Waals surface area contributed by atoms with E-state index in [1.54, 1.807) is 7.11 Å².